The minimum Gasteiger partial charge on any atom is -0.296 e. The molecule has 0 fully saturated rings. The van der Waals surface area contributed by atoms with E-state index in [4.69, 9.17) is 0 Å². The molecule has 1 N–H and O–H groups in total. The molecule has 2 aromatic rings. The maximum absolute atomic E-state index is 10.7. The maximum Gasteiger partial charge on any atom is 0.438 e. The van der Waals surface area contributed by atoms with Gasteiger partial charge in [-0.2, -0.15) is 4.80 Å². The zero-order valence-corrected chi connectivity index (χ0v) is 7.63. The number of aryl methyl sites for hydroxylation is 1. The predicted octanol–water partition coefficient (Wildman–Crippen LogP) is -0.733. The molecule has 74 valence electrons. The summed E-state index contributed by atoms with van der Waals surface area (Å²) in [7, 11) is 0. The maximum atomic E-state index is 10.7. The van der Waals surface area contributed by atoms with Gasteiger partial charge in [0.1, 0.15) is 6.04 Å². The van der Waals surface area contributed by atoms with E-state index in [1.807, 2.05) is 0 Å². The second kappa shape index (κ2) is 3.05. The van der Waals surface area contributed by atoms with E-state index in [1.54, 1.807) is 13.8 Å². The third kappa shape index (κ3) is 1.41. The molecular weight excluding hydrogens is 188 g/mol. The van der Waals surface area contributed by atoms with Gasteiger partial charge in [-0.3, -0.25) is 9.51 Å². The van der Waals surface area contributed by atoms with Crippen LogP contribution in [-0.4, -0.2) is 30.3 Å². The summed E-state index contributed by atoms with van der Waals surface area (Å²) < 4.78 is 4.36. The van der Waals surface area contributed by atoms with Crippen LogP contribution >= 0.6 is 0 Å². The fourth-order valence-electron chi connectivity index (χ4n) is 0.994. The summed E-state index contributed by atoms with van der Waals surface area (Å²) >= 11 is 0. The molecule has 1 unspecified atom stereocenters. The summed E-state index contributed by atoms with van der Waals surface area (Å²) in [5.74, 6) is 0.332. The van der Waals surface area contributed by atoms with Crippen molar-refractivity contribution in [2.45, 2.75) is 19.9 Å². The van der Waals surface area contributed by atoms with Crippen molar-refractivity contribution in [3.8, 4) is 0 Å². The SMILES string of the molecule is Cc1nnn(C(C)c2noc(=O)[nH]2)n1. The zero-order valence-electron chi connectivity index (χ0n) is 7.63. The van der Waals surface area contributed by atoms with Crippen molar-refractivity contribution in [1.29, 1.82) is 0 Å². The minimum atomic E-state index is -0.594. The highest BCUT2D eigenvalue weighted by atomic mass is 16.5. The number of aromatic amines is 1. The molecule has 2 heterocycles. The van der Waals surface area contributed by atoms with Gasteiger partial charge >= 0.3 is 5.76 Å². The highest BCUT2D eigenvalue weighted by Gasteiger charge is 2.15. The number of hydrogen-bond donors (Lipinski definition) is 1. The molecule has 0 spiro atoms. The van der Waals surface area contributed by atoms with Gasteiger partial charge in [-0.05, 0) is 19.1 Å². The fourth-order valence-corrected chi connectivity index (χ4v) is 0.994. The normalized spacial score (nSPS) is 13.0. The molecule has 0 aromatic carbocycles. The lowest BCUT2D eigenvalue weighted by Crippen LogP contribution is -2.13. The quantitative estimate of drug-likeness (QED) is 0.679. The van der Waals surface area contributed by atoms with Gasteiger partial charge in [0, 0.05) is 0 Å². The van der Waals surface area contributed by atoms with Crippen molar-refractivity contribution >= 4 is 0 Å². The Kier molecular flexibility index (Phi) is 1.88. The lowest BCUT2D eigenvalue weighted by Gasteiger charge is -2.02. The van der Waals surface area contributed by atoms with Gasteiger partial charge in [0.25, 0.3) is 0 Å². The Balaban J connectivity index is 2.32. The third-order valence-corrected chi connectivity index (χ3v) is 1.73. The molecule has 0 saturated heterocycles. The summed E-state index contributed by atoms with van der Waals surface area (Å²) in [6.07, 6.45) is 0. The first-order chi connectivity index (χ1) is 6.66. The molecule has 0 aliphatic carbocycles. The van der Waals surface area contributed by atoms with Gasteiger partial charge in [0.15, 0.2) is 11.6 Å². The second-order valence-electron chi connectivity index (χ2n) is 2.81. The first-order valence-corrected chi connectivity index (χ1v) is 3.99. The lowest BCUT2D eigenvalue weighted by atomic mass is 10.3. The molecular formula is C6H8N6O2. The van der Waals surface area contributed by atoms with E-state index in [0.29, 0.717) is 11.6 Å². The van der Waals surface area contributed by atoms with E-state index in [2.05, 4.69) is 30.1 Å². The molecule has 2 aromatic heterocycles. The highest BCUT2D eigenvalue weighted by molar-refractivity contribution is 4.88. The van der Waals surface area contributed by atoms with Crippen LogP contribution in [0.2, 0.25) is 0 Å². The van der Waals surface area contributed by atoms with Crippen LogP contribution in [0.5, 0.6) is 0 Å². The Morgan fingerprint density at radius 2 is 2.36 bits per heavy atom. The van der Waals surface area contributed by atoms with Crippen molar-refractivity contribution < 1.29 is 4.52 Å². The number of nitrogens with zero attached hydrogens (tertiary/aromatic N) is 5. The summed E-state index contributed by atoms with van der Waals surface area (Å²) in [4.78, 5) is 14.5. The molecule has 0 amide bonds. The molecule has 0 aliphatic heterocycles. The lowest BCUT2D eigenvalue weighted by molar-refractivity contribution is 0.367. The van der Waals surface area contributed by atoms with Crippen LogP contribution in [0, 0.1) is 6.92 Å². The van der Waals surface area contributed by atoms with Gasteiger partial charge in [0.2, 0.25) is 0 Å². The van der Waals surface area contributed by atoms with Gasteiger partial charge in [-0.25, -0.2) is 4.79 Å². The molecule has 1 atom stereocenters. The van der Waals surface area contributed by atoms with E-state index in [0.717, 1.165) is 0 Å². The van der Waals surface area contributed by atoms with Crippen molar-refractivity contribution in [2.75, 3.05) is 0 Å². The smallest absolute Gasteiger partial charge is 0.296 e. The van der Waals surface area contributed by atoms with Crippen molar-refractivity contribution in [1.82, 2.24) is 30.3 Å². The molecule has 14 heavy (non-hydrogen) atoms. The summed E-state index contributed by atoms with van der Waals surface area (Å²) in [6, 6.07) is -0.303. The monoisotopic (exact) mass is 196 g/mol. The summed E-state index contributed by atoms with van der Waals surface area (Å²) in [5, 5.41) is 15.0. The summed E-state index contributed by atoms with van der Waals surface area (Å²) in [6.45, 7) is 3.50. The van der Waals surface area contributed by atoms with E-state index < -0.39 is 5.76 Å². The summed E-state index contributed by atoms with van der Waals surface area (Å²) in [5.41, 5.74) is 0. The van der Waals surface area contributed by atoms with E-state index in [1.165, 1.54) is 4.80 Å². The number of nitrogens with one attached hydrogen (secondary N) is 1. The van der Waals surface area contributed by atoms with Gasteiger partial charge in [-0.1, -0.05) is 5.16 Å². The number of aromatic nitrogens is 6. The Morgan fingerprint density at radius 1 is 1.57 bits per heavy atom. The van der Waals surface area contributed by atoms with Crippen molar-refractivity contribution in [3.63, 3.8) is 0 Å². The van der Waals surface area contributed by atoms with Crippen LogP contribution in [0.25, 0.3) is 0 Å². The number of hydrogen-bond acceptors (Lipinski definition) is 6. The predicted molar refractivity (Wildman–Crippen MR) is 43.5 cm³/mol. The Labute approximate surface area is 77.9 Å². The van der Waals surface area contributed by atoms with Crippen LogP contribution in [0.15, 0.2) is 9.32 Å². The van der Waals surface area contributed by atoms with Gasteiger partial charge in [-0.15, -0.1) is 10.2 Å². The Hall–Kier alpha value is -1.99. The zero-order chi connectivity index (χ0) is 10.1. The minimum absolute atomic E-state index is 0.303. The standard InChI is InChI=1S/C6H8N6O2/c1-3(5-7-6(13)14-10-5)12-9-4(2)8-11-12/h3H,1-2H3,(H,7,10,13). The number of H-pyrrole nitrogens is 1. The van der Waals surface area contributed by atoms with E-state index >= 15 is 0 Å². The fraction of sp³-hybridized carbons (Fsp3) is 0.500. The van der Waals surface area contributed by atoms with Crippen LogP contribution in [-0.2, 0) is 0 Å². The first-order valence-electron chi connectivity index (χ1n) is 3.99. The number of tetrazole rings is 1. The Morgan fingerprint density at radius 3 is 2.86 bits per heavy atom. The van der Waals surface area contributed by atoms with E-state index in [-0.39, 0.29) is 6.04 Å². The van der Waals surface area contributed by atoms with Gasteiger partial charge < -0.3 is 0 Å². The van der Waals surface area contributed by atoms with Crippen LogP contribution in [0.4, 0.5) is 0 Å². The largest absolute Gasteiger partial charge is 0.438 e. The second-order valence-corrected chi connectivity index (χ2v) is 2.81. The van der Waals surface area contributed by atoms with Crippen molar-refractivity contribution in [3.05, 3.63) is 22.2 Å². The highest BCUT2D eigenvalue weighted by Crippen LogP contribution is 2.07. The third-order valence-electron chi connectivity index (χ3n) is 1.73. The topological polar surface area (TPSA) is 102 Å². The first kappa shape index (κ1) is 8.60. The molecule has 2 rings (SSSR count). The number of rotatable bonds is 2. The molecule has 0 aliphatic rings. The molecule has 0 radical (unpaired) electrons. The van der Waals surface area contributed by atoms with Crippen LogP contribution in [0.1, 0.15) is 24.6 Å². The average Bonchev–Trinajstić information content (AvgIpc) is 2.73. The van der Waals surface area contributed by atoms with Crippen LogP contribution in [0.3, 0.4) is 0 Å². The Bertz CT molecular complexity index is 482. The molecule has 0 bridgehead atoms. The van der Waals surface area contributed by atoms with Crippen molar-refractivity contribution in [2.24, 2.45) is 0 Å². The molecule has 8 heteroatoms. The van der Waals surface area contributed by atoms with Gasteiger partial charge in [0.05, 0.1) is 0 Å². The molecule has 8 nitrogen and oxygen atoms in total. The van der Waals surface area contributed by atoms with E-state index in [9.17, 15) is 4.79 Å². The average molecular weight is 196 g/mol. The van der Waals surface area contributed by atoms with Crippen LogP contribution < -0.4 is 5.76 Å². The molecule has 0 saturated carbocycles.